The lowest BCUT2D eigenvalue weighted by Crippen LogP contribution is -2.31. The van der Waals surface area contributed by atoms with Gasteiger partial charge in [-0.25, -0.2) is 4.39 Å². The van der Waals surface area contributed by atoms with Crippen LogP contribution in [0.1, 0.15) is 17.2 Å². The van der Waals surface area contributed by atoms with E-state index in [1.54, 1.807) is 0 Å². The zero-order valence-electron chi connectivity index (χ0n) is 13.5. The van der Waals surface area contributed by atoms with Crippen molar-refractivity contribution in [1.29, 1.82) is 5.26 Å². The van der Waals surface area contributed by atoms with E-state index in [2.05, 4.69) is 16.7 Å². The Balaban J connectivity index is 1.70. The molecular weight excluding hydrogens is 373 g/mol. The number of nitrogens with one attached hydrogen (secondary N) is 2. The Morgan fingerprint density at radius 1 is 1.38 bits per heavy atom. The first-order valence-electron chi connectivity index (χ1n) is 7.72. The minimum Gasteiger partial charge on any atom is -0.325 e. The van der Waals surface area contributed by atoms with Crippen molar-refractivity contribution < 1.29 is 14.0 Å². The van der Waals surface area contributed by atoms with Gasteiger partial charge in [0.15, 0.2) is 0 Å². The van der Waals surface area contributed by atoms with Crippen LogP contribution in [0.2, 0.25) is 0 Å². The molecule has 3 rings (SSSR count). The molecule has 5 nitrogen and oxygen atoms in total. The molecule has 0 aliphatic carbocycles. The first-order valence-corrected chi connectivity index (χ1v) is 9.59. The lowest BCUT2D eigenvalue weighted by molar-refractivity contribution is -0.121. The van der Waals surface area contributed by atoms with Crippen molar-refractivity contribution in [1.82, 2.24) is 5.32 Å². The Kier molecular flexibility index (Phi) is 5.71. The van der Waals surface area contributed by atoms with Gasteiger partial charge in [0, 0.05) is 22.9 Å². The molecule has 0 radical (unpaired) electrons. The summed E-state index contributed by atoms with van der Waals surface area (Å²) in [5.74, 6) is -1.13. The molecule has 2 amide bonds. The second kappa shape index (κ2) is 8.17. The van der Waals surface area contributed by atoms with E-state index in [-0.39, 0.29) is 35.7 Å². The van der Waals surface area contributed by atoms with Gasteiger partial charge < -0.3 is 10.6 Å². The van der Waals surface area contributed by atoms with Crippen LogP contribution >= 0.6 is 23.1 Å². The normalized spacial score (nSPS) is 16.8. The number of thiophene rings is 1. The number of amides is 2. The third-order valence-corrected chi connectivity index (χ3v) is 5.72. The molecule has 2 aromatic rings. The second-order valence-electron chi connectivity index (χ2n) is 5.52. The first kappa shape index (κ1) is 18.2. The number of hydrogen-bond donors (Lipinski definition) is 2. The molecule has 26 heavy (non-hydrogen) atoms. The van der Waals surface area contributed by atoms with Crippen molar-refractivity contribution in [2.24, 2.45) is 0 Å². The molecule has 2 heterocycles. The van der Waals surface area contributed by atoms with E-state index in [0.717, 1.165) is 16.6 Å². The maximum Gasteiger partial charge on any atom is 0.234 e. The molecule has 1 aliphatic rings. The Labute approximate surface area is 157 Å². The van der Waals surface area contributed by atoms with Crippen LogP contribution in [0.5, 0.6) is 0 Å². The Morgan fingerprint density at radius 2 is 2.15 bits per heavy atom. The lowest BCUT2D eigenvalue weighted by atomic mass is 9.93. The van der Waals surface area contributed by atoms with E-state index < -0.39 is 0 Å². The molecule has 1 aromatic carbocycles. The van der Waals surface area contributed by atoms with Gasteiger partial charge in [-0.1, -0.05) is 17.8 Å². The van der Waals surface area contributed by atoms with Gasteiger partial charge in [0.1, 0.15) is 5.82 Å². The fourth-order valence-corrected chi connectivity index (χ4v) is 4.25. The monoisotopic (exact) mass is 387 g/mol. The molecule has 0 saturated heterocycles. The Hall–Kier alpha value is -2.63. The number of nitriles is 1. The fourth-order valence-electron chi connectivity index (χ4n) is 2.53. The highest BCUT2D eigenvalue weighted by molar-refractivity contribution is 8.03. The van der Waals surface area contributed by atoms with Gasteiger partial charge in [-0.2, -0.15) is 5.26 Å². The van der Waals surface area contributed by atoms with Crippen LogP contribution in [-0.2, 0) is 9.59 Å². The van der Waals surface area contributed by atoms with E-state index in [4.69, 9.17) is 0 Å². The summed E-state index contributed by atoms with van der Waals surface area (Å²) in [7, 11) is 0. The average molecular weight is 387 g/mol. The summed E-state index contributed by atoms with van der Waals surface area (Å²) in [6, 6.07) is 11.4. The topological polar surface area (TPSA) is 82.0 Å². The van der Waals surface area contributed by atoms with Crippen LogP contribution < -0.4 is 10.6 Å². The Bertz CT molecular complexity index is 886. The largest absolute Gasteiger partial charge is 0.325 e. The van der Waals surface area contributed by atoms with Crippen LogP contribution in [0.25, 0.3) is 0 Å². The number of anilines is 1. The molecule has 1 aromatic heterocycles. The fraction of sp³-hybridized carbons (Fsp3) is 0.167. The van der Waals surface area contributed by atoms with Crippen LogP contribution in [0.15, 0.2) is 52.4 Å². The number of halogens is 1. The molecule has 0 bridgehead atoms. The second-order valence-corrected chi connectivity index (χ2v) is 7.48. The van der Waals surface area contributed by atoms with Crippen molar-refractivity contribution in [3.05, 3.63) is 63.1 Å². The summed E-state index contributed by atoms with van der Waals surface area (Å²) in [6.45, 7) is 0. The summed E-state index contributed by atoms with van der Waals surface area (Å²) in [5, 5.41) is 17.2. The number of allylic oxidation sites excluding steroid dienone is 1. The van der Waals surface area contributed by atoms with Gasteiger partial charge >= 0.3 is 0 Å². The van der Waals surface area contributed by atoms with Gasteiger partial charge in [-0.05, 0) is 35.7 Å². The van der Waals surface area contributed by atoms with Gasteiger partial charge in [0.2, 0.25) is 11.8 Å². The van der Waals surface area contributed by atoms with E-state index in [9.17, 15) is 19.2 Å². The summed E-state index contributed by atoms with van der Waals surface area (Å²) in [6.07, 6.45) is 0.218. The maximum absolute atomic E-state index is 12.9. The highest BCUT2D eigenvalue weighted by Gasteiger charge is 2.30. The van der Waals surface area contributed by atoms with Crippen LogP contribution in [0.3, 0.4) is 0 Å². The minimum atomic E-state index is -0.384. The van der Waals surface area contributed by atoms with Gasteiger partial charge in [-0.3, -0.25) is 9.59 Å². The third kappa shape index (κ3) is 4.31. The third-order valence-electron chi connectivity index (χ3n) is 3.72. The van der Waals surface area contributed by atoms with E-state index in [1.165, 1.54) is 35.6 Å². The number of benzene rings is 1. The molecule has 0 fully saturated rings. The summed E-state index contributed by atoms with van der Waals surface area (Å²) >= 11 is 2.60. The molecule has 132 valence electrons. The highest BCUT2D eigenvalue weighted by atomic mass is 32.2. The van der Waals surface area contributed by atoms with Gasteiger partial charge in [0.05, 0.1) is 22.4 Å². The first-order chi connectivity index (χ1) is 12.6. The zero-order chi connectivity index (χ0) is 18.5. The molecule has 1 unspecified atom stereocenters. The lowest BCUT2D eigenvalue weighted by Gasteiger charge is -2.23. The molecule has 2 N–H and O–H groups in total. The predicted octanol–water partition coefficient (Wildman–Crippen LogP) is 3.60. The standard InChI is InChI=1S/C18H14FN3O2S2/c19-11-3-5-12(6-4-11)21-17(24)10-26-18-14(9-20)13(8-16(23)22-18)15-2-1-7-25-15/h1-7,13H,8,10H2,(H,21,24)(H,22,23). The van der Waals surface area contributed by atoms with E-state index in [0.29, 0.717) is 16.3 Å². The van der Waals surface area contributed by atoms with Crippen molar-refractivity contribution in [2.45, 2.75) is 12.3 Å². The van der Waals surface area contributed by atoms with Crippen molar-refractivity contribution >= 4 is 40.6 Å². The van der Waals surface area contributed by atoms with Crippen LogP contribution in [0.4, 0.5) is 10.1 Å². The minimum absolute atomic E-state index is 0.0231. The molecule has 8 heteroatoms. The summed E-state index contributed by atoms with van der Waals surface area (Å²) in [5.41, 5.74) is 0.947. The van der Waals surface area contributed by atoms with Crippen LogP contribution in [0, 0.1) is 17.1 Å². The Morgan fingerprint density at radius 3 is 2.81 bits per heavy atom. The summed E-state index contributed by atoms with van der Waals surface area (Å²) in [4.78, 5) is 25.0. The van der Waals surface area contributed by atoms with Crippen molar-refractivity contribution in [3.8, 4) is 6.07 Å². The number of thioether (sulfide) groups is 1. The smallest absolute Gasteiger partial charge is 0.234 e. The van der Waals surface area contributed by atoms with E-state index >= 15 is 0 Å². The van der Waals surface area contributed by atoms with E-state index in [1.807, 2.05) is 17.5 Å². The SMILES string of the molecule is N#CC1=C(SCC(=O)Nc2ccc(F)cc2)NC(=O)CC1c1cccs1. The highest BCUT2D eigenvalue weighted by Crippen LogP contribution is 2.37. The van der Waals surface area contributed by atoms with Crippen molar-refractivity contribution in [3.63, 3.8) is 0 Å². The molecule has 1 aliphatic heterocycles. The van der Waals surface area contributed by atoms with Crippen LogP contribution in [-0.4, -0.2) is 17.6 Å². The van der Waals surface area contributed by atoms with Crippen molar-refractivity contribution in [2.75, 3.05) is 11.1 Å². The molecular formula is C18H14FN3O2S2. The molecule has 0 saturated carbocycles. The maximum atomic E-state index is 12.9. The number of nitrogens with zero attached hydrogens (tertiary/aromatic N) is 1. The zero-order valence-corrected chi connectivity index (χ0v) is 15.1. The molecule has 0 spiro atoms. The number of carbonyl (C=O) groups excluding carboxylic acids is 2. The predicted molar refractivity (Wildman–Crippen MR) is 99.9 cm³/mol. The number of rotatable bonds is 5. The average Bonchev–Trinajstić information content (AvgIpc) is 3.16. The number of hydrogen-bond acceptors (Lipinski definition) is 5. The number of carbonyl (C=O) groups is 2. The molecule has 1 atom stereocenters. The summed E-state index contributed by atoms with van der Waals surface area (Å²) < 4.78 is 12.9. The van der Waals surface area contributed by atoms with Gasteiger partial charge in [0.25, 0.3) is 0 Å². The van der Waals surface area contributed by atoms with Gasteiger partial charge in [-0.15, -0.1) is 11.3 Å². The quantitative estimate of drug-likeness (QED) is 0.821.